The van der Waals surface area contributed by atoms with Crippen LogP contribution in [0.5, 0.6) is 0 Å². The molecule has 0 saturated heterocycles. The maximum atomic E-state index is 12.0. The van der Waals surface area contributed by atoms with E-state index in [4.69, 9.17) is 0 Å². The van der Waals surface area contributed by atoms with Gasteiger partial charge < -0.3 is 5.32 Å². The summed E-state index contributed by atoms with van der Waals surface area (Å²) < 4.78 is 0. The number of amides is 1. The van der Waals surface area contributed by atoms with Gasteiger partial charge in [0.15, 0.2) is 0 Å². The number of nitrogens with zero attached hydrogens (tertiary/aromatic N) is 3. The van der Waals surface area contributed by atoms with Crippen molar-refractivity contribution in [1.82, 2.24) is 25.7 Å². The molecule has 2 heterocycles. The molecular weight excluding hydrogens is 262 g/mol. The van der Waals surface area contributed by atoms with Gasteiger partial charge in [-0.1, -0.05) is 0 Å². The van der Waals surface area contributed by atoms with Crippen LogP contribution in [0, 0.1) is 6.92 Å². The van der Waals surface area contributed by atoms with Gasteiger partial charge >= 0.3 is 0 Å². The molecule has 100 valence electrons. The molecule has 0 fully saturated rings. The molecule has 6 nitrogen and oxygen atoms in total. The van der Waals surface area contributed by atoms with Crippen LogP contribution in [0.3, 0.4) is 0 Å². The Morgan fingerprint density at radius 2 is 2.47 bits per heavy atom. The van der Waals surface area contributed by atoms with E-state index in [2.05, 4.69) is 25.7 Å². The molecule has 1 amide bonds. The smallest absolute Gasteiger partial charge is 0.227 e. The number of nitrogens with one attached hydrogen (secondary N) is 2. The Balaban J connectivity index is 1.65. The van der Waals surface area contributed by atoms with Crippen molar-refractivity contribution in [2.24, 2.45) is 0 Å². The van der Waals surface area contributed by atoms with E-state index in [-0.39, 0.29) is 11.9 Å². The van der Waals surface area contributed by atoms with E-state index >= 15 is 0 Å². The Bertz CT molecular complexity index is 590. The summed E-state index contributed by atoms with van der Waals surface area (Å²) in [6, 6.07) is 0.0489. The molecule has 0 aromatic carbocycles. The molecular formula is C12H15N5OS. The number of aromatic nitrogens is 4. The average molecular weight is 277 g/mol. The standard InChI is InChI=1S/C12H15N5OS/c1-7-15-16-11(19-7)5-10(18)14-9-4-2-3-8-6-13-17-12(8)9/h6,9H,2-5H2,1H3,(H,13,17)(H,14,18). The zero-order valence-electron chi connectivity index (χ0n) is 10.6. The Kier molecular flexibility index (Phi) is 3.29. The van der Waals surface area contributed by atoms with E-state index in [1.165, 1.54) is 16.9 Å². The number of rotatable bonds is 3. The van der Waals surface area contributed by atoms with E-state index in [1.54, 1.807) is 0 Å². The number of hydrogen-bond donors (Lipinski definition) is 2. The van der Waals surface area contributed by atoms with Gasteiger partial charge in [0.2, 0.25) is 5.91 Å². The lowest BCUT2D eigenvalue weighted by atomic mass is 9.93. The maximum Gasteiger partial charge on any atom is 0.227 e. The van der Waals surface area contributed by atoms with Crippen LogP contribution in [0.2, 0.25) is 0 Å². The largest absolute Gasteiger partial charge is 0.347 e. The van der Waals surface area contributed by atoms with Crippen molar-refractivity contribution in [2.45, 2.75) is 38.6 Å². The number of carbonyl (C=O) groups excluding carboxylic acids is 1. The van der Waals surface area contributed by atoms with Crippen LogP contribution in [-0.4, -0.2) is 26.3 Å². The summed E-state index contributed by atoms with van der Waals surface area (Å²) in [7, 11) is 0. The van der Waals surface area contributed by atoms with E-state index in [0.717, 1.165) is 35.0 Å². The lowest BCUT2D eigenvalue weighted by Crippen LogP contribution is -2.32. The minimum Gasteiger partial charge on any atom is -0.347 e. The first-order valence-electron chi connectivity index (χ1n) is 6.33. The third-order valence-corrected chi connectivity index (χ3v) is 4.09. The Morgan fingerprint density at radius 1 is 1.58 bits per heavy atom. The minimum atomic E-state index is -0.0106. The van der Waals surface area contributed by atoms with Crippen LogP contribution in [0.4, 0.5) is 0 Å². The van der Waals surface area contributed by atoms with Gasteiger partial charge in [-0.3, -0.25) is 9.89 Å². The van der Waals surface area contributed by atoms with Gasteiger partial charge in [-0.05, 0) is 31.7 Å². The lowest BCUT2D eigenvalue weighted by Gasteiger charge is -2.22. The van der Waals surface area contributed by atoms with Crippen LogP contribution in [0.15, 0.2) is 6.20 Å². The highest BCUT2D eigenvalue weighted by molar-refractivity contribution is 7.11. The molecule has 0 radical (unpaired) electrons. The number of carbonyl (C=O) groups is 1. The zero-order chi connectivity index (χ0) is 13.2. The van der Waals surface area contributed by atoms with Crippen LogP contribution in [0.1, 0.15) is 40.2 Å². The molecule has 1 unspecified atom stereocenters. The molecule has 1 aliphatic carbocycles. The number of fused-ring (bicyclic) bond motifs is 1. The van der Waals surface area contributed by atoms with Crippen LogP contribution >= 0.6 is 11.3 Å². The molecule has 2 aromatic rings. The Morgan fingerprint density at radius 3 is 3.26 bits per heavy atom. The van der Waals surface area contributed by atoms with Gasteiger partial charge in [-0.2, -0.15) is 5.10 Å². The van der Waals surface area contributed by atoms with Crippen LogP contribution in [-0.2, 0) is 17.6 Å². The fourth-order valence-electron chi connectivity index (χ4n) is 2.40. The number of H-pyrrole nitrogens is 1. The second-order valence-corrected chi connectivity index (χ2v) is 5.98. The van der Waals surface area contributed by atoms with E-state index in [0.29, 0.717) is 6.42 Å². The van der Waals surface area contributed by atoms with Gasteiger partial charge in [0.1, 0.15) is 10.0 Å². The Hall–Kier alpha value is -1.76. The van der Waals surface area contributed by atoms with Crippen molar-refractivity contribution in [3.63, 3.8) is 0 Å². The molecule has 0 aliphatic heterocycles. The molecule has 0 bridgehead atoms. The maximum absolute atomic E-state index is 12.0. The fraction of sp³-hybridized carbons (Fsp3) is 0.500. The van der Waals surface area contributed by atoms with E-state index in [1.807, 2.05) is 13.1 Å². The van der Waals surface area contributed by atoms with Crippen molar-refractivity contribution in [1.29, 1.82) is 0 Å². The predicted molar refractivity (Wildman–Crippen MR) is 70.8 cm³/mol. The highest BCUT2D eigenvalue weighted by Gasteiger charge is 2.23. The second-order valence-electron chi connectivity index (χ2n) is 4.71. The van der Waals surface area contributed by atoms with Gasteiger partial charge in [0.25, 0.3) is 0 Å². The number of hydrogen-bond acceptors (Lipinski definition) is 5. The lowest BCUT2D eigenvalue weighted by molar-refractivity contribution is -0.121. The van der Waals surface area contributed by atoms with Crippen molar-refractivity contribution in [3.8, 4) is 0 Å². The van der Waals surface area contributed by atoms with Crippen molar-refractivity contribution < 1.29 is 4.79 Å². The van der Waals surface area contributed by atoms with Crippen molar-refractivity contribution in [2.75, 3.05) is 0 Å². The SMILES string of the molecule is Cc1nnc(CC(=O)NC2CCCc3cn[nH]c32)s1. The number of aryl methyl sites for hydroxylation is 2. The Labute approximate surface area is 114 Å². The van der Waals surface area contributed by atoms with Gasteiger partial charge in [-0.25, -0.2) is 0 Å². The van der Waals surface area contributed by atoms with E-state index < -0.39 is 0 Å². The second kappa shape index (κ2) is 5.08. The fourth-order valence-corrected chi connectivity index (χ4v) is 3.11. The summed E-state index contributed by atoms with van der Waals surface area (Å²) in [4.78, 5) is 12.0. The zero-order valence-corrected chi connectivity index (χ0v) is 11.5. The molecule has 1 atom stereocenters. The summed E-state index contributed by atoms with van der Waals surface area (Å²) in [5.74, 6) is -0.0106. The summed E-state index contributed by atoms with van der Waals surface area (Å²) in [5.41, 5.74) is 2.26. The number of aromatic amines is 1. The molecule has 19 heavy (non-hydrogen) atoms. The molecule has 1 aliphatic rings. The third kappa shape index (κ3) is 2.65. The highest BCUT2D eigenvalue weighted by atomic mass is 32.1. The summed E-state index contributed by atoms with van der Waals surface area (Å²) in [6.07, 6.45) is 5.21. The van der Waals surface area contributed by atoms with Crippen molar-refractivity contribution in [3.05, 3.63) is 27.5 Å². The quantitative estimate of drug-likeness (QED) is 0.886. The van der Waals surface area contributed by atoms with Gasteiger partial charge in [-0.15, -0.1) is 21.5 Å². The molecule has 2 aromatic heterocycles. The monoisotopic (exact) mass is 277 g/mol. The summed E-state index contributed by atoms with van der Waals surface area (Å²) in [5, 5.41) is 19.6. The predicted octanol–water partition coefficient (Wildman–Crippen LogP) is 1.31. The first-order valence-corrected chi connectivity index (χ1v) is 7.14. The van der Waals surface area contributed by atoms with Crippen LogP contribution < -0.4 is 5.32 Å². The van der Waals surface area contributed by atoms with Crippen LogP contribution in [0.25, 0.3) is 0 Å². The summed E-state index contributed by atoms with van der Waals surface area (Å²) >= 11 is 1.46. The molecule has 0 saturated carbocycles. The minimum absolute atomic E-state index is 0.0106. The normalized spacial score (nSPS) is 18.1. The molecule has 7 heteroatoms. The van der Waals surface area contributed by atoms with Crippen molar-refractivity contribution >= 4 is 17.2 Å². The highest BCUT2D eigenvalue weighted by Crippen LogP contribution is 2.27. The third-order valence-electron chi connectivity index (χ3n) is 3.25. The molecule has 0 spiro atoms. The first kappa shape index (κ1) is 12.3. The molecule has 3 rings (SSSR count). The first-order chi connectivity index (χ1) is 9.22. The topological polar surface area (TPSA) is 83.6 Å². The van der Waals surface area contributed by atoms with E-state index in [9.17, 15) is 4.79 Å². The van der Waals surface area contributed by atoms with Gasteiger partial charge in [0.05, 0.1) is 24.4 Å². The summed E-state index contributed by atoms with van der Waals surface area (Å²) in [6.45, 7) is 1.89. The molecule has 2 N–H and O–H groups in total. The van der Waals surface area contributed by atoms with Gasteiger partial charge in [0, 0.05) is 0 Å². The average Bonchev–Trinajstić information content (AvgIpc) is 2.98.